The highest BCUT2D eigenvalue weighted by Gasteiger charge is 2.39. The van der Waals surface area contributed by atoms with Gasteiger partial charge in [0.1, 0.15) is 0 Å². The van der Waals surface area contributed by atoms with Crippen molar-refractivity contribution < 1.29 is 9.53 Å². The Labute approximate surface area is 140 Å². The van der Waals surface area contributed by atoms with Crippen LogP contribution in [-0.4, -0.2) is 41.3 Å². The molecule has 1 aliphatic carbocycles. The minimum absolute atomic E-state index is 0.0324. The van der Waals surface area contributed by atoms with E-state index in [1.54, 1.807) is 13.4 Å². The third-order valence-corrected chi connectivity index (χ3v) is 4.74. The second-order valence-corrected chi connectivity index (χ2v) is 6.23. The van der Waals surface area contributed by atoms with Crippen LogP contribution in [0.2, 0.25) is 0 Å². The third kappa shape index (κ3) is 2.39. The van der Waals surface area contributed by atoms with Crippen LogP contribution in [0.4, 0.5) is 10.5 Å². The van der Waals surface area contributed by atoms with Gasteiger partial charge in [0.25, 0.3) is 0 Å². The Balaban J connectivity index is 1.70. The third-order valence-electron chi connectivity index (χ3n) is 4.74. The van der Waals surface area contributed by atoms with Gasteiger partial charge in [0.05, 0.1) is 35.5 Å². The van der Waals surface area contributed by atoms with E-state index < -0.39 is 0 Å². The molecule has 2 N–H and O–H groups in total. The fourth-order valence-corrected chi connectivity index (χ4v) is 3.49. The van der Waals surface area contributed by atoms with Gasteiger partial charge in [-0.1, -0.05) is 18.2 Å². The van der Waals surface area contributed by atoms with E-state index >= 15 is 0 Å². The molecule has 3 atom stereocenters. The van der Waals surface area contributed by atoms with E-state index in [2.05, 4.69) is 33.5 Å². The van der Waals surface area contributed by atoms with E-state index in [0.29, 0.717) is 0 Å². The van der Waals surface area contributed by atoms with Gasteiger partial charge in [-0.15, -0.1) is 0 Å². The summed E-state index contributed by atoms with van der Waals surface area (Å²) in [5, 5.41) is 3.03. The molecule has 2 heterocycles. The second kappa shape index (κ2) is 5.79. The maximum absolute atomic E-state index is 12.5. The highest BCUT2D eigenvalue weighted by Crippen LogP contribution is 2.31. The summed E-state index contributed by atoms with van der Waals surface area (Å²) in [5.74, 6) is 0. The zero-order valence-electron chi connectivity index (χ0n) is 13.7. The van der Waals surface area contributed by atoms with Crippen LogP contribution < -0.4 is 10.2 Å². The molecule has 24 heavy (non-hydrogen) atoms. The van der Waals surface area contributed by atoms with Crippen LogP contribution in [0.15, 0.2) is 48.3 Å². The molecule has 1 unspecified atom stereocenters. The average Bonchev–Trinajstić information content (AvgIpc) is 3.17. The summed E-state index contributed by atoms with van der Waals surface area (Å²) in [6.07, 6.45) is 8.89. The fraction of sp³-hybridized carbons (Fsp3) is 0.333. The van der Waals surface area contributed by atoms with Crippen LogP contribution in [0.1, 0.15) is 13.3 Å². The Morgan fingerprint density at radius 3 is 3.00 bits per heavy atom. The number of nitrogens with one attached hydrogen (secondary N) is 2. The van der Waals surface area contributed by atoms with Crippen molar-refractivity contribution in [2.24, 2.45) is 0 Å². The van der Waals surface area contributed by atoms with E-state index in [4.69, 9.17) is 4.74 Å². The predicted molar refractivity (Wildman–Crippen MR) is 93.0 cm³/mol. The van der Waals surface area contributed by atoms with Gasteiger partial charge in [-0.05, 0) is 37.1 Å². The van der Waals surface area contributed by atoms with Gasteiger partial charge in [0.15, 0.2) is 0 Å². The number of carbonyl (C=O) groups excluding carboxylic acids is 1. The Morgan fingerprint density at radius 2 is 2.25 bits per heavy atom. The predicted octanol–water partition coefficient (Wildman–Crippen LogP) is 2.75. The lowest BCUT2D eigenvalue weighted by Crippen LogP contribution is -2.37. The van der Waals surface area contributed by atoms with Gasteiger partial charge >= 0.3 is 6.03 Å². The standard InChI is InChI=1S/C18H20N4O2/c1-11-17(12-3-6-14(24-2)7-4-12)22(18(23)21-11)13-5-8-15-16(9-13)20-10-19-15/h3-6,8-11,14,17H,7H2,1-2H3,(H,19,20)(H,21,23)/t11-,14?,17-/m1/s1. The Hall–Kier alpha value is -2.60. The number of ether oxygens (including phenoxy) is 1. The number of imidazole rings is 1. The number of carbonyl (C=O) groups is 1. The number of methoxy groups -OCH3 is 1. The molecule has 1 fully saturated rings. The molecule has 1 aromatic heterocycles. The average molecular weight is 324 g/mol. The molecule has 6 heteroatoms. The number of fused-ring (bicyclic) bond motifs is 1. The van der Waals surface area contributed by atoms with Crippen LogP contribution in [-0.2, 0) is 4.74 Å². The molecule has 2 aliphatic rings. The lowest BCUT2D eigenvalue weighted by atomic mass is 9.94. The summed E-state index contributed by atoms with van der Waals surface area (Å²) in [5.41, 5.74) is 3.81. The SMILES string of the molecule is COC1C=CC([C@H]2[C@@H](C)NC(=O)N2c2ccc3nc[nH]c3c2)=CC1. The van der Waals surface area contributed by atoms with Crippen LogP contribution >= 0.6 is 0 Å². The highest BCUT2D eigenvalue weighted by atomic mass is 16.5. The van der Waals surface area contributed by atoms with Crippen molar-refractivity contribution in [2.45, 2.75) is 31.5 Å². The first-order valence-corrected chi connectivity index (χ1v) is 8.11. The molecular weight excluding hydrogens is 304 g/mol. The van der Waals surface area contributed by atoms with E-state index in [0.717, 1.165) is 28.7 Å². The lowest BCUT2D eigenvalue weighted by Gasteiger charge is -2.28. The normalized spacial score (nSPS) is 26.8. The van der Waals surface area contributed by atoms with E-state index in [-0.39, 0.29) is 24.2 Å². The topological polar surface area (TPSA) is 70.2 Å². The number of benzene rings is 1. The summed E-state index contributed by atoms with van der Waals surface area (Å²) < 4.78 is 5.36. The van der Waals surface area contributed by atoms with Crippen LogP contribution in [0.25, 0.3) is 11.0 Å². The number of aromatic amines is 1. The van der Waals surface area contributed by atoms with Crippen molar-refractivity contribution >= 4 is 22.8 Å². The van der Waals surface area contributed by atoms with Gasteiger partial charge in [0.2, 0.25) is 0 Å². The first-order valence-electron chi connectivity index (χ1n) is 8.11. The lowest BCUT2D eigenvalue weighted by molar-refractivity contribution is 0.142. The first kappa shape index (κ1) is 15.0. The van der Waals surface area contributed by atoms with Gasteiger partial charge in [-0.2, -0.15) is 0 Å². The van der Waals surface area contributed by atoms with E-state index in [1.807, 2.05) is 30.0 Å². The van der Waals surface area contributed by atoms with Crippen LogP contribution in [0.5, 0.6) is 0 Å². The molecule has 0 spiro atoms. The molecule has 0 radical (unpaired) electrons. The van der Waals surface area contributed by atoms with Crippen LogP contribution in [0.3, 0.4) is 0 Å². The summed E-state index contributed by atoms with van der Waals surface area (Å²) >= 11 is 0. The van der Waals surface area contributed by atoms with Crippen molar-refractivity contribution in [3.8, 4) is 0 Å². The zero-order chi connectivity index (χ0) is 16.7. The van der Waals surface area contributed by atoms with Crippen molar-refractivity contribution in [2.75, 3.05) is 12.0 Å². The second-order valence-electron chi connectivity index (χ2n) is 6.23. The number of rotatable bonds is 3. The molecule has 0 saturated carbocycles. The molecule has 6 nitrogen and oxygen atoms in total. The van der Waals surface area contributed by atoms with Gasteiger partial charge in [0, 0.05) is 12.8 Å². The van der Waals surface area contributed by atoms with Crippen molar-refractivity contribution in [3.05, 3.63) is 48.3 Å². The quantitative estimate of drug-likeness (QED) is 0.912. The minimum atomic E-state index is -0.0745. The van der Waals surface area contributed by atoms with Crippen LogP contribution in [0, 0.1) is 0 Å². The number of hydrogen-bond acceptors (Lipinski definition) is 3. The number of hydrogen-bond donors (Lipinski definition) is 2. The van der Waals surface area contributed by atoms with Gasteiger partial charge in [-0.25, -0.2) is 9.78 Å². The molecule has 124 valence electrons. The maximum Gasteiger partial charge on any atom is 0.322 e. The van der Waals surface area contributed by atoms with Gasteiger partial charge < -0.3 is 15.0 Å². The van der Waals surface area contributed by atoms with Crippen molar-refractivity contribution in [1.82, 2.24) is 15.3 Å². The molecule has 2 amide bonds. The molecule has 2 aromatic rings. The number of urea groups is 1. The number of nitrogens with zero attached hydrogens (tertiary/aromatic N) is 2. The number of H-pyrrole nitrogens is 1. The Bertz CT molecular complexity index is 838. The maximum atomic E-state index is 12.5. The number of amides is 2. The van der Waals surface area contributed by atoms with Crippen molar-refractivity contribution in [1.29, 1.82) is 0 Å². The summed E-state index contributed by atoms with van der Waals surface area (Å²) in [4.78, 5) is 21.7. The number of aromatic nitrogens is 2. The van der Waals surface area contributed by atoms with E-state index in [1.165, 1.54) is 0 Å². The largest absolute Gasteiger partial charge is 0.377 e. The molecule has 4 rings (SSSR count). The van der Waals surface area contributed by atoms with E-state index in [9.17, 15) is 4.79 Å². The van der Waals surface area contributed by atoms with Crippen molar-refractivity contribution in [3.63, 3.8) is 0 Å². The summed E-state index contributed by atoms with van der Waals surface area (Å²) in [6.45, 7) is 2.04. The monoisotopic (exact) mass is 324 g/mol. The molecule has 1 aromatic carbocycles. The minimum Gasteiger partial charge on any atom is -0.377 e. The molecule has 0 bridgehead atoms. The molecular formula is C18H20N4O2. The molecule has 1 aliphatic heterocycles. The Morgan fingerprint density at radius 1 is 1.38 bits per heavy atom. The molecule has 1 saturated heterocycles. The highest BCUT2D eigenvalue weighted by molar-refractivity contribution is 5.98. The zero-order valence-corrected chi connectivity index (χ0v) is 13.7. The number of anilines is 1. The fourth-order valence-electron chi connectivity index (χ4n) is 3.49. The Kier molecular flexibility index (Phi) is 3.61. The van der Waals surface area contributed by atoms with Gasteiger partial charge in [-0.3, -0.25) is 4.90 Å². The summed E-state index contributed by atoms with van der Waals surface area (Å²) in [6, 6.07) is 5.77. The smallest absolute Gasteiger partial charge is 0.322 e. The first-order chi connectivity index (χ1) is 11.7. The summed E-state index contributed by atoms with van der Waals surface area (Å²) in [7, 11) is 1.71.